The summed E-state index contributed by atoms with van der Waals surface area (Å²) in [6.45, 7) is 2.84. The van der Waals surface area contributed by atoms with E-state index in [1.54, 1.807) is 0 Å². The Bertz CT molecular complexity index is 698. The molecule has 3 heteroatoms. The summed E-state index contributed by atoms with van der Waals surface area (Å²) in [4.78, 5) is 4.56. The van der Waals surface area contributed by atoms with E-state index >= 15 is 0 Å². The van der Waals surface area contributed by atoms with Crippen LogP contribution >= 0.6 is 0 Å². The molecule has 3 rings (SSSR count). The molecule has 1 aromatic heterocycles. The van der Waals surface area contributed by atoms with Gasteiger partial charge in [-0.25, -0.2) is 4.98 Å². The fraction of sp³-hybridized carbons (Fsp3) is 0.133. The third-order valence-electron chi connectivity index (χ3n) is 3.14. The van der Waals surface area contributed by atoms with Crippen molar-refractivity contribution in [2.24, 2.45) is 0 Å². The third kappa shape index (κ3) is 1.84. The van der Waals surface area contributed by atoms with Crippen molar-refractivity contribution in [2.75, 3.05) is 5.73 Å². The first-order chi connectivity index (χ1) is 8.74. The number of para-hydroxylation sites is 2. The minimum absolute atomic E-state index is 0.801. The van der Waals surface area contributed by atoms with Crippen LogP contribution in [0.15, 0.2) is 48.5 Å². The SMILES string of the molecule is Cc1nc2ccccc2n1Cc1cccc(N)c1. The van der Waals surface area contributed by atoms with Crippen LogP contribution in [0.1, 0.15) is 11.4 Å². The molecule has 18 heavy (non-hydrogen) atoms. The van der Waals surface area contributed by atoms with Crippen LogP contribution < -0.4 is 5.73 Å². The average molecular weight is 237 g/mol. The number of aromatic nitrogens is 2. The first-order valence-corrected chi connectivity index (χ1v) is 6.00. The Morgan fingerprint density at radius 2 is 1.94 bits per heavy atom. The zero-order chi connectivity index (χ0) is 12.5. The van der Waals surface area contributed by atoms with Gasteiger partial charge in [-0.05, 0) is 36.8 Å². The van der Waals surface area contributed by atoms with Crippen molar-refractivity contribution in [1.29, 1.82) is 0 Å². The van der Waals surface area contributed by atoms with Crippen LogP contribution in [0.5, 0.6) is 0 Å². The van der Waals surface area contributed by atoms with Crippen molar-refractivity contribution >= 4 is 16.7 Å². The minimum atomic E-state index is 0.801. The van der Waals surface area contributed by atoms with Gasteiger partial charge in [0, 0.05) is 12.2 Å². The van der Waals surface area contributed by atoms with E-state index < -0.39 is 0 Å². The van der Waals surface area contributed by atoms with Crippen molar-refractivity contribution in [3.63, 3.8) is 0 Å². The maximum absolute atomic E-state index is 5.81. The minimum Gasteiger partial charge on any atom is -0.399 e. The number of hydrogen-bond donors (Lipinski definition) is 1. The number of aryl methyl sites for hydroxylation is 1. The van der Waals surface area contributed by atoms with Crippen LogP contribution in [0.4, 0.5) is 5.69 Å². The van der Waals surface area contributed by atoms with E-state index in [9.17, 15) is 0 Å². The summed E-state index contributed by atoms with van der Waals surface area (Å²) in [5.41, 5.74) is 10.0. The van der Waals surface area contributed by atoms with Crippen LogP contribution in [0, 0.1) is 6.92 Å². The summed E-state index contributed by atoms with van der Waals surface area (Å²) in [6, 6.07) is 16.2. The highest BCUT2D eigenvalue weighted by Crippen LogP contribution is 2.18. The number of benzene rings is 2. The molecule has 0 saturated carbocycles. The van der Waals surface area contributed by atoms with Crippen LogP contribution in [-0.4, -0.2) is 9.55 Å². The van der Waals surface area contributed by atoms with Crippen LogP contribution in [0.2, 0.25) is 0 Å². The maximum atomic E-state index is 5.81. The Morgan fingerprint density at radius 3 is 2.78 bits per heavy atom. The van der Waals surface area contributed by atoms with Gasteiger partial charge < -0.3 is 10.3 Å². The van der Waals surface area contributed by atoms with E-state index in [0.717, 1.165) is 29.1 Å². The fourth-order valence-electron chi connectivity index (χ4n) is 2.27. The molecular weight excluding hydrogens is 222 g/mol. The highest BCUT2D eigenvalue weighted by atomic mass is 15.1. The molecule has 0 radical (unpaired) electrons. The predicted octanol–water partition coefficient (Wildman–Crippen LogP) is 2.98. The molecule has 3 nitrogen and oxygen atoms in total. The molecule has 0 amide bonds. The quantitative estimate of drug-likeness (QED) is 0.696. The molecule has 0 saturated heterocycles. The average Bonchev–Trinajstić information content (AvgIpc) is 2.66. The standard InChI is InChI=1S/C15H15N3/c1-11-17-14-7-2-3-8-15(14)18(11)10-12-5-4-6-13(16)9-12/h2-9H,10,16H2,1H3. The van der Waals surface area contributed by atoms with Crippen molar-refractivity contribution in [2.45, 2.75) is 13.5 Å². The summed E-state index contributed by atoms with van der Waals surface area (Å²) < 4.78 is 2.21. The molecule has 1 heterocycles. The largest absolute Gasteiger partial charge is 0.399 e. The first kappa shape index (κ1) is 10.8. The van der Waals surface area contributed by atoms with Gasteiger partial charge in [-0.3, -0.25) is 0 Å². The molecular formula is C15H15N3. The van der Waals surface area contributed by atoms with Gasteiger partial charge in [-0.15, -0.1) is 0 Å². The third-order valence-corrected chi connectivity index (χ3v) is 3.14. The highest BCUT2D eigenvalue weighted by Gasteiger charge is 2.06. The number of fused-ring (bicyclic) bond motifs is 1. The monoisotopic (exact) mass is 237 g/mol. The van der Waals surface area contributed by atoms with E-state index in [1.165, 1.54) is 5.56 Å². The number of rotatable bonds is 2. The Morgan fingerprint density at radius 1 is 1.11 bits per heavy atom. The van der Waals surface area contributed by atoms with Gasteiger partial charge in [0.15, 0.2) is 0 Å². The second kappa shape index (κ2) is 4.18. The lowest BCUT2D eigenvalue weighted by Gasteiger charge is -2.07. The molecule has 0 aliphatic carbocycles. The van der Waals surface area contributed by atoms with Crippen LogP contribution in [-0.2, 0) is 6.54 Å². The second-order valence-electron chi connectivity index (χ2n) is 4.48. The molecule has 3 aromatic rings. The fourth-order valence-corrected chi connectivity index (χ4v) is 2.27. The number of hydrogen-bond acceptors (Lipinski definition) is 2. The summed E-state index contributed by atoms with van der Waals surface area (Å²) in [5.74, 6) is 1.03. The molecule has 0 bridgehead atoms. The lowest BCUT2D eigenvalue weighted by Crippen LogP contribution is -2.02. The molecule has 90 valence electrons. The molecule has 2 aromatic carbocycles. The second-order valence-corrected chi connectivity index (χ2v) is 4.48. The summed E-state index contributed by atoms with van der Waals surface area (Å²) in [7, 11) is 0. The molecule has 0 atom stereocenters. The zero-order valence-electron chi connectivity index (χ0n) is 10.3. The van der Waals surface area contributed by atoms with E-state index in [2.05, 4.69) is 21.7 Å². The van der Waals surface area contributed by atoms with Crippen LogP contribution in [0.3, 0.4) is 0 Å². The predicted molar refractivity (Wildman–Crippen MR) is 74.4 cm³/mol. The van der Waals surface area contributed by atoms with Crippen molar-refractivity contribution < 1.29 is 0 Å². The van der Waals surface area contributed by atoms with Gasteiger partial charge in [0.1, 0.15) is 5.82 Å². The van der Waals surface area contributed by atoms with Crippen molar-refractivity contribution in [3.8, 4) is 0 Å². The molecule has 0 spiro atoms. The molecule has 0 aliphatic rings. The summed E-state index contributed by atoms with van der Waals surface area (Å²) >= 11 is 0. The number of nitrogen functional groups attached to an aromatic ring is 1. The number of nitrogens with two attached hydrogens (primary N) is 1. The van der Waals surface area contributed by atoms with E-state index in [4.69, 9.17) is 5.73 Å². The van der Waals surface area contributed by atoms with Crippen molar-refractivity contribution in [1.82, 2.24) is 9.55 Å². The Kier molecular flexibility index (Phi) is 2.52. The highest BCUT2D eigenvalue weighted by molar-refractivity contribution is 5.76. The number of nitrogens with zero attached hydrogens (tertiary/aromatic N) is 2. The van der Waals surface area contributed by atoms with Crippen molar-refractivity contribution in [3.05, 3.63) is 59.9 Å². The Labute approximate surface area is 106 Å². The maximum Gasteiger partial charge on any atom is 0.107 e. The van der Waals surface area contributed by atoms with E-state index in [1.807, 2.05) is 43.3 Å². The lowest BCUT2D eigenvalue weighted by molar-refractivity contribution is 0.786. The normalized spacial score (nSPS) is 10.9. The van der Waals surface area contributed by atoms with Gasteiger partial charge in [0.25, 0.3) is 0 Å². The van der Waals surface area contributed by atoms with Gasteiger partial charge in [-0.2, -0.15) is 0 Å². The summed E-state index contributed by atoms with van der Waals surface area (Å²) in [5, 5.41) is 0. The molecule has 0 aliphatic heterocycles. The smallest absolute Gasteiger partial charge is 0.107 e. The number of imidazole rings is 1. The van der Waals surface area contributed by atoms with E-state index in [0.29, 0.717) is 0 Å². The zero-order valence-corrected chi connectivity index (χ0v) is 10.3. The molecule has 2 N–H and O–H groups in total. The van der Waals surface area contributed by atoms with Gasteiger partial charge in [-0.1, -0.05) is 24.3 Å². The van der Waals surface area contributed by atoms with Crippen LogP contribution in [0.25, 0.3) is 11.0 Å². The summed E-state index contributed by atoms with van der Waals surface area (Å²) in [6.07, 6.45) is 0. The Balaban J connectivity index is 2.07. The Hall–Kier alpha value is -2.29. The van der Waals surface area contributed by atoms with Gasteiger partial charge in [0.2, 0.25) is 0 Å². The lowest BCUT2D eigenvalue weighted by atomic mass is 10.2. The van der Waals surface area contributed by atoms with E-state index in [-0.39, 0.29) is 0 Å². The van der Waals surface area contributed by atoms with Gasteiger partial charge in [0.05, 0.1) is 11.0 Å². The topological polar surface area (TPSA) is 43.8 Å². The first-order valence-electron chi connectivity index (χ1n) is 6.00. The molecule has 0 unspecified atom stereocenters. The number of anilines is 1. The molecule has 0 fully saturated rings. The van der Waals surface area contributed by atoms with Gasteiger partial charge >= 0.3 is 0 Å².